The average molecular weight is 483 g/mol. The first-order valence-electron chi connectivity index (χ1n) is 9.94. The summed E-state index contributed by atoms with van der Waals surface area (Å²) in [5, 5.41) is 3.40. The maximum absolute atomic E-state index is 13.0. The monoisotopic (exact) mass is 482 g/mol. The largest absolute Gasteiger partial charge is 0.325 e. The SMILES string of the molecule is Cc1ccc(-n2c(=S)sc3c(=O)n(C)c(SCC(=O)Nc4ccc(C)cc4C)nc32)cc1. The Hall–Kier alpha value is -2.75. The number of hydrogen-bond acceptors (Lipinski definition) is 6. The molecule has 2 aromatic carbocycles. The molecule has 4 aromatic rings. The molecule has 1 amide bonds. The lowest BCUT2D eigenvalue weighted by atomic mass is 10.1. The van der Waals surface area contributed by atoms with Crippen LogP contribution in [0, 0.1) is 24.7 Å². The highest BCUT2D eigenvalue weighted by Gasteiger charge is 2.17. The van der Waals surface area contributed by atoms with Crippen LogP contribution in [-0.4, -0.2) is 25.8 Å². The van der Waals surface area contributed by atoms with Gasteiger partial charge in [0.25, 0.3) is 5.56 Å². The van der Waals surface area contributed by atoms with Crippen molar-refractivity contribution < 1.29 is 4.79 Å². The molecule has 2 heterocycles. The highest BCUT2D eigenvalue weighted by molar-refractivity contribution is 7.99. The Morgan fingerprint density at radius 1 is 1.12 bits per heavy atom. The lowest BCUT2D eigenvalue weighted by molar-refractivity contribution is -0.113. The van der Waals surface area contributed by atoms with Crippen molar-refractivity contribution in [3.05, 3.63) is 73.5 Å². The minimum Gasteiger partial charge on any atom is -0.325 e. The van der Waals surface area contributed by atoms with Crippen LogP contribution in [0.25, 0.3) is 16.0 Å². The normalized spacial score (nSPS) is 11.1. The highest BCUT2D eigenvalue weighted by Crippen LogP contribution is 2.26. The molecule has 0 saturated carbocycles. The van der Waals surface area contributed by atoms with E-state index in [2.05, 4.69) is 5.32 Å². The summed E-state index contributed by atoms with van der Waals surface area (Å²) in [6, 6.07) is 13.8. The number of thioether (sulfide) groups is 1. The number of fused-ring (bicyclic) bond motifs is 1. The van der Waals surface area contributed by atoms with Crippen LogP contribution in [0.1, 0.15) is 16.7 Å². The fraction of sp³-hybridized carbons (Fsp3) is 0.217. The van der Waals surface area contributed by atoms with Gasteiger partial charge in [0.15, 0.2) is 14.8 Å². The third kappa shape index (κ3) is 4.41. The minimum absolute atomic E-state index is 0.133. The van der Waals surface area contributed by atoms with Gasteiger partial charge in [-0.3, -0.25) is 18.7 Å². The Kier molecular flexibility index (Phi) is 6.32. The van der Waals surface area contributed by atoms with Crippen LogP contribution >= 0.6 is 35.3 Å². The summed E-state index contributed by atoms with van der Waals surface area (Å²) in [7, 11) is 1.66. The number of rotatable bonds is 5. The van der Waals surface area contributed by atoms with Crippen molar-refractivity contribution >= 4 is 57.3 Å². The molecule has 0 fully saturated rings. The van der Waals surface area contributed by atoms with Gasteiger partial charge in [0, 0.05) is 18.4 Å². The molecule has 0 saturated heterocycles. The molecule has 0 aliphatic carbocycles. The third-order valence-electron chi connectivity index (χ3n) is 5.05. The molecule has 0 bridgehead atoms. The number of nitrogens with one attached hydrogen (secondary N) is 1. The Labute approximate surface area is 198 Å². The van der Waals surface area contributed by atoms with Crippen LogP contribution in [0.2, 0.25) is 0 Å². The van der Waals surface area contributed by atoms with Crippen molar-refractivity contribution in [3.63, 3.8) is 0 Å². The van der Waals surface area contributed by atoms with Gasteiger partial charge in [-0.2, -0.15) is 0 Å². The number of amides is 1. The van der Waals surface area contributed by atoms with Crippen LogP contribution in [-0.2, 0) is 11.8 Å². The topological polar surface area (TPSA) is 68.9 Å². The van der Waals surface area contributed by atoms with Gasteiger partial charge in [-0.15, -0.1) is 0 Å². The Morgan fingerprint density at radius 3 is 2.50 bits per heavy atom. The number of carbonyl (C=O) groups is 1. The second-order valence-electron chi connectivity index (χ2n) is 7.61. The molecule has 0 radical (unpaired) electrons. The maximum Gasteiger partial charge on any atom is 0.273 e. The molecule has 2 aromatic heterocycles. The van der Waals surface area contributed by atoms with Crippen LogP contribution in [0.4, 0.5) is 5.69 Å². The quantitative estimate of drug-likeness (QED) is 0.241. The predicted molar refractivity (Wildman–Crippen MR) is 135 cm³/mol. The summed E-state index contributed by atoms with van der Waals surface area (Å²) in [5.74, 6) is -0.0221. The first-order chi connectivity index (χ1) is 15.2. The van der Waals surface area contributed by atoms with Crippen molar-refractivity contribution in [2.75, 3.05) is 11.1 Å². The second kappa shape index (κ2) is 9.01. The first-order valence-corrected chi connectivity index (χ1v) is 12.1. The fourth-order valence-corrected chi connectivity index (χ4v) is 5.44. The van der Waals surface area contributed by atoms with E-state index in [0.717, 1.165) is 28.1 Å². The van der Waals surface area contributed by atoms with Crippen molar-refractivity contribution in [3.8, 4) is 5.69 Å². The second-order valence-corrected chi connectivity index (χ2v) is 10.2. The molecule has 0 unspecified atom stereocenters. The molecule has 0 atom stereocenters. The molecule has 6 nitrogen and oxygen atoms in total. The molecule has 164 valence electrons. The van der Waals surface area contributed by atoms with Crippen LogP contribution in [0.3, 0.4) is 0 Å². The van der Waals surface area contributed by atoms with Gasteiger partial charge in [0.2, 0.25) is 5.91 Å². The van der Waals surface area contributed by atoms with Crippen LogP contribution in [0.5, 0.6) is 0 Å². The molecule has 4 rings (SSSR count). The van der Waals surface area contributed by atoms with Gasteiger partial charge in [0.05, 0.1) is 5.75 Å². The number of aromatic nitrogens is 3. The zero-order chi connectivity index (χ0) is 23.0. The van der Waals surface area contributed by atoms with Crippen LogP contribution < -0.4 is 10.9 Å². The summed E-state index contributed by atoms with van der Waals surface area (Å²) in [5.41, 5.74) is 5.26. The van der Waals surface area contributed by atoms with E-state index in [1.165, 1.54) is 27.7 Å². The summed E-state index contributed by atoms with van der Waals surface area (Å²) < 4.78 is 4.35. The number of anilines is 1. The van der Waals surface area contributed by atoms with E-state index in [1.54, 1.807) is 7.05 Å². The third-order valence-corrected chi connectivity index (χ3v) is 7.44. The van der Waals surface area contributed by atoms with Crippen molar-refractivity contribution in [1.29, 1.82) is 0 Å². The summed E-state index contributed by atoms with van der Waals surface area (Å²) >= 11 is 8.01. The zero-order valence-corrected chi connectivity index (χ0v) is 20.6. The molecule has 1 N–H and O–H groups in total. The fourth-order valence-electron chi connectivity index (χ4n) is 3.33. The van der Waals surface area contributed by atoms with E-state index < -0.39 is 0 Å². The van der Waals surface area contributed by atoms with Gasteiger partial charge >= 0.3 is 0 Å². The molecular formula is C23H22N4O2S3. The van der Waals surface area contributed by atoms with Gasteiger partial charge in [-0.1, -0.05) is 58.5 Å². The highest BCUT2D eigenvalue weighted by atomic mass is 32.2. The number of aryl methyl sites for hydroxylation is 3. The van der Waals surface area contributed by atoms with Crippen molar-refractivity contribution in [1.82, 2.24) is 14.1 Å². The molecule has 0 spiro atoms. The smallest absolute Gasteiger partial charge is 0.273 e. The average Bonchev–Trinajstić information content (AvgIpc) is 3.08. The Morgan fingerprint density at radius 2 is 1.81 bits per heavy atom. The predicted octanol–water partition coefficient (Wildman–Crippen LogP) is 5.17. The lowest BCUT2D eigenvalue weighted by Gasteiger charge is -2.11. The standard InChI is InChI=1S/C23H22N4O2S3/c1-13-5-8-16(9-6-13)27-20-19(32-23(27)30)21(29)26(4)22(25-20)31-12-18(28)24-17-10-7-14(2)11-15(17)3/h5-11H,12H2,1-4H3,(H,24,28). The lowest BCUT2D eigenvalue weighted by Crippen LogP contribution is -2.21. The number of carbonyl (C=O) groups excluding carboxylic acids is 1. The number of benzene rings is 2. The zero-order valence-electron chi connectivity index (χ0n) is 18.1. The van der Waals surface area contributed by atoms with Crippen molar-refractivity contribution in [2.24, 2.45) is 7.05 Å². The summed E-state index contributed by atoms with van der Waals surface area (Å²) in [4.78, 5) is 30.2. The van der Waals surface area contributed by atoms with E-state index in [9.17, 15) is 9.59 Å². The Balaban J connectivity index is 1.64. The Bertz CT molecular complexity index is 1450. The number of thiazole rings is 1. The van der Waals surface area contributed by atoms with E-state index in [0.29, 0.717) is 19.5 Å². The van der Waals surface area contributed by atoms with Gasteiger partial charge in [0.1, 0.15) is 4.70 Å². The molecule has 32 heavy (non-hydrogen) atoms. The first kappa shape index (κ1) is 22.4. The molecule has 0 aliphatic heterocycles. The van der Waals surface area contributed by atoms with E-state index in [1.807, 2.05) is 67.8 Å². The number of nitrogens with zero attached hydrogens (tertiary/aromatic N) is 3. The molecule has 9 heteroatoms. The van der Waals surface area contributed by atoms with Crippen LogP contribution in [0.15, 0.2) is 52.4 Å². The minimum atomic E-state index is -0.172. The van der Waals surface area contributed by atoms with E-state index >= 15 is 0 Å². The molecule has 0 aliphatic rings. The maximum atomic E-state index is 13.0. The van der Waals surface area contributed by atoms with Gasteiger partial charge in [-0.05, 0) is 56.8 Å². The van der Waals surface area contributed by atoms with E-state index in [-0.39, 0.29) is 17.2 Å². The van der Waals surface area contributed by atoms with Crippen molar-refractivity contribution in [2.45, 2.75) is 25.9 Å². The van der Waals surface area contributed by atoms with Gasteiger partial charge < -0.3 is 5.32 Å². The van der Waals surface area contributed by atoms with E-state index in [4.69, 9.17) is 17.2 Å². The summed E-state index contributed by atoms with van der Waals surface area (Å²) in [6.07, 6.45) is 0. The molecular weight excluding hydrogens is 460 g/mol. The number of hydrogen-bond donors (Lipinski definition) is 1. The van der Waals surface area contributed by atoms with Gasteiger partial charge in [-0.25, -0.2) is 4.98 Å². The summed E-state index contributed by atoms with van der Waals surface area (Å²) in [6.45, 7) is 5.99.